The highest BCUT2D eigenvalue weighted by molar-refractivity contribution is 7.92. The number of anilines is 1. The van der Waals surface area contributed by atoms with E-state index in [0.29, 0.717) is 18.6 Å². The van der Waals surface area contributed by atoms with E-state index in [4.69, 9.17) is 5.73 Å². The van der Waals surface area contributed by atoms with Gasteiger partial charge < -0.3 is 10.3 Å². The van der Waals surface area contributed by atoms with Crippen LogP contribution >= 0.6 is 12.3 Å². The highest BCUT2D eigenvalue weighted by atomic mass is 32.2. The molecule has 9 nitrogen and oxygen atoms in total. The molecule has 0 atom stereocenters. The smallest absolute Gasteiger partial charge is 0.397 e. The van der Waals surface area contributed by atoms with Gasteiger partial charge >= 0.3 is 12.4 Å². The second kappa shape index (κ2) is 14.5. The molecule has 1 saturated carbocycles. The zero-order valence-corrected chi connectivity index (χ0v) is 24.0. The van der Waals surface area contributed by atoms with Gasteiger partial charge in [0.2, 0.25) is 0 Å². The Bertz CT molecular complexity index is 1800. The van der Waals surface area contributed by atoms with E-state index in [1.165, 1.54) is 57.8 Å². The third-order valence-electron chi connectivity index (χ3n) is 6.44. The summed E-state index contributed by atoms with van der Waals surface area (Å²) in [6, 6.07) is 4.01. The van der Waals surface area contributed by atoms with E-state index in [2.05, 4.69) is 15.1 Å². The van der Waals surface area contributed by atoms with Gasteiger partial charge in [0.15, 0.2) is 18.2 Å². The molecule has 4 aromatic rings. The Hall–Kier alpha value is -4.53. The van der Waals surface area contributed by atoms with Crippen LogP contribution in [0.4, 0.5) is 40.3 Å². The van der Waals surface area contributed by atoms with Crippen LogP contribution in [-0.2, 0) is 19.4 Å². The van der Waals surface area contributed by atoms with Crippen molar-refractivity contribution in [3.05, 3.63) is 80.1 Å². The van der Waals surface area contributed by atoms with Crippen molar-refractivity contribution in [3.63, 3.8) is 0 Å². The number of hydrogen-bond donors (Lipinski definition) is 1. The molecule has 45 heavy (non-hydrogen) atoms. The second-order valence-electron chi connectivity index (χ2n) is 9.58. The lowest BCUT2D eigenvalue weighted by atomic mass is 10.0. The van der Waals surface area contributed by atoms with Crippen molar-refractivity contribution in [3.8, 4) is 17.5 Å². The number of aryl methyl sites for hydroxylation is 1. The molecule has 1 aliphatic rings. The van der Waals surface area contributed by atoms with E-state index in [0.717, 1.165) is 10.6 Å². The number of nitrogens with zero attached hydrogens (tertiary/aromatic N) is 6. The van der Waals surface area contributed by atoms with E-state index in [9.17, 15) is 49.5 Å². The molecule has 0 radical (unpaired) electrons. The van der Waals surface area contributed by atoms with Crippen molar-refractivity contribution < 1.29 is 34.6 Å². The van der Waals surface area contributed by atoms with Gasteiger partial charge in [0.05, 0.1) is 34.0 Å². The molecule has 1 aliphatic carbocycles. The number of halogens is 8. The topological polar surface area (TPSA) is 132 Å². The number of aromatic nitrogens is 5. The van der Waals surface area contributed by atoms with Crippen LogP contribution in [0.15, 0.2) is 46.5 Å². The molecule has 0 bridgehead atoms. The summed E-state index contributed by atoms with van der Waals surface area (Å²) in [4.78, 5) is 30.1. The molecule has 240 valence electrons. The van der Waals surface area contributed by atoms with Crippen molar-refractivity contribution >= 4 is 28.8 Å². The minimum atomic E-state index is -4.92. The van der Waals surface area contributed by atoms with Crippen LogP contribution in [0.25, 0.3) is 22.2 Å². The molecular formula is C27H23F8N7O2S. The highest BCUT2D eigenvalue weighted by Crippen LogP contribution is 2.31. The molecule has 0 aliphatic heterocycles. The number of rotatable bonds is 2. The van der Waals surface area contributed by atoms with E-state index < -0.39 is 58.4 Å². The quantitative estimate of drug-likeness (QED) is 0.238. The predicted molar refractivity (Wildman–Crippen MR) is 150 cm³/mol. The molecule has 0 amide bonds. The predicted octanol–water partition coefficient (Wildman–Crippen LogP) is 6.59. The van der Waals surface area contributed by atoms with E-state index in [-0.39, 0.29) is 31.8 Å². The molecule has 1 aromatic carbocycles. The Morgan fingerprint density at radius 1 is 0.889 bits per heavy atom. The standard InChI is InChI=1S/C16H8F4N4O.C6H12.C5H3F4N3OS/c1-24-7-8(4-21)10-2-12(13(17)3-11(10)15(24)25)14-22-5-9(6-23-14)16(18,19)20;1-2-4-6-5-3-1;6-5(7,8)3-2(10)1-11-12(14-9)4(3)13/h2-3,5-7H,1H3;1-6H2;1H,10H2. The lowest BCUT2D eigenvalue weighted by Gasteiger charge is -2.09. The SMILES string of the molecule is C1CCCCC1.Cn1cc(C#N)c2cc(-c3ncc(C(F)(F)F)cn3)c(F)cc2c1=O.Nc1cnn(SF)c(=O)c1C(F)(F)F. The van der Waals surface area contributed by atoms with Crippen LogP contribution in [0, 0.1) is 17.1 Å². The molecular weight excluding hydrogens is 638 g/mol. The lowest BCUT2D eigenvalue weighted by Crippen LogP contribution is -2.28. The summed E-state index contributed by atoms with van der Waals surface area (Å²) in [5.41, 5.74) is -0.815. The Kier molecular flexibility index (Phi) is 11.3. The number of nitriles is 1. The van der Waals surface area contributed by atoms with Gasteiger partial charge in [-0.25, -0.2) is 14.4 Å². The maximum Gasteiger partial charge on any atom is 0.423 e. The third-order valence-corrected chi connectivity index (χ3v) is 6.83. The summed E-state index contributed by atoms with van der Waals surface area (Å²) in [6.45, 7) is 0. The molecule has 3 heterocycles. The van der Waals surface area contributed by atoms with Gasteiger partial charge in [-0.1, -0.05) is 38.5 Å². The summed E-state index contributed by atoms with van der Waals surface area (Å²) in [5, 5.41) is 12.4. The van der Waals surface area contributed by atoms with Gasteiger partial charge in [0, 0.05) is 31.0 Å². The maximum atomic E-state index is 14.4. The molecule has 0 saturated heterocycles. The zero-order chi connectivity index (χ0) is 33.5. The van der Waals surface area contributed by atoms with Crippen LogP contribution in [0.1, 0.15) is 55.2 Å². The fourth-order valence-corrected chi connectivity index (χ4v) is 4.44. The van der Waals surface area contributed by atoms with Crippen molar-refractivity contribution in [2.75, 3.05) is 5.73 Å². The Morgan fingerprint density at radius 3 is 1.91 bits per heavy atom. The number of hydrogen-bond acceptors (Lipinski definition) is 8. The average Bonchev–Trinajstić information content (AvgIpc) is 2.99. The van der Waals surface area contributed by atoms with Crippen LogP contribution in [0.2, 0.25) is 0 Å². The normalized spacial score (nSPS) is 13.2. The second-order valence-corrected chi connectivity index (χ2v) is 10.1. The van der Waals surface area contributed by atoms with Crippen molar-refractivity contribution in [1.29, 1.82) is 5.26 Å². The van der Waals surface area contributed by atoms with Gasteiger partial charge in [0.1, 0.15) is 17.4 Å². The fraction of sp³-hybridized carbons (Fsp3) is 0.333. The van der Waals surface area contributed by atoms with Gasteiger partial charge in [0.25, 0.3) is 11.1 Å². The zero-order valence-electron chi connectivity index (χ0n) is 23.2. The number of nitrogen functional groups attached to an aromatic ring is 1. The van der Waals surface area contributed by atoms with Gasteiger partial charge in [-0.3, -0.25) is 9.59 Å². The summed E-state index contributed by atoms with van der Waals surface area (Å²) in [5.74, 6) is -1.16. The summed E-state index contributed by atoms with van der Waals surface area (Å²) in [6.07, 6.45) is 2.42. The first-order valence-electron chi connectivity index (χ1n) is 13.0. The number of pyridine rings is 1. The molecule has 5 rings (SSSR count). The summed E-state index contributed by atoms with van der Waals surface area (Å²) >= 11 is -0.728. The van der Waals surface area contributed by atoms with Crippen molar-refractivity contribution in [1.82, 2.24) is 23.7 Å². The molecule has 18 heteroatoms. The summed E-state index contributed by atoms with van der Waals surface area (Å²) < 4.78 is 102. The first kappa shape index (κ1) is 35.0. The molecule has 3 aromatic heterocycles. The average molecular weight is 662 g/mol. The first-order chi connectivity index (χ1) is 21.1. The fourth-order valence-electron chi connectivity index (χ4n) is 4.20. The Balaban J connectivity index is 0.000000230. The van der Waals surface area contributed by atoms with Crippen LogP contribution in [0.5, 0.6) is 0 Å². The van der Waals surface area contributed by atoms with Crippen molar-refractivity contribution in [2.45, 2.75) is 50.9 Å². The third kappa shape index (κ3) is 8.56. The van der Waals surface area contributed by atoms with Crippen LogP contribution in [0.3, 0.4) is 0 Å². The highest BCUT2D eigenvalue weighted by Gasteiger charge is 2.37. The molecule has 0 unspecified atom stereocenters. The van der Waals surface area contributed by atoms with Gasteiger partial charge in [-0.05, 0) is 12.1 Å². The lowest BCUT2D eigenvalue weighted by molar-refractivity contribution is -0.139. The van der Waals surface area contributed by atoms with Gasteiger partial charge in [-0.15, -0.1) is 7.97 Å². The number of benzene rings is 1. The Morgan fingerprint density at radius 2 is 1.44 bits per heavy atom. The molecule has 0 spiro atoms. The minimum absolute atomic E-state index is 0.0188. The summed E-state index contributed by atoms with van der Waals surface area (Å²) in [7, 11) is 1.42. The maximum absolute atomic E-state index is 14.4. The van der Waals surface area contributed by atoms with Crippen molar-refractivity contribution in [2.24, 2.45) is 7.05 Å². The first-order valence-corrected chi connectivity index (χ1v) is 13.6. The molecule has 2 N–H and O–H groups in total. The number of alkyl halides is 6. The van der Waals surface area contributed by atoms with Crippen LogP contribution in [-0.4, -0.2) is 23.7 Å². The minimum Gasteiger partial charge on any atom is -0.397 e. The largest absolute Gasteiger partial charge is 0.423 e. The van der Waals surface area contributed by atoms with Crippen LogP contribution < -0.4 is 16.9 Å². The van der Waals surface area contributed by atoms with Gasteiger partial charge in [-0.2, -0.15) is 36.7 Å². The van der Waals surface area contributed by atoms with E-state index >= 15 is 0 Å². The number of fused-ring (bicyclic) bond motifs is 1. The van der Waals surface area contributed by atoms with E-state index in [1.54, 1.807) is 0 Å². The monoisotopic (exact) mass is 661 g/mol. The van der Waals surface area contributed by atoms with E-state index in [1.807, 2.05) is 6.07 Å². The number of nitrogens with two attached hydrogens (primary N) is 1. The molecule has 1 fully saturated rings. The Labute approximate surface area is 253 Å².